The molecular weight excluding hydrogens is 500 g/mol. The largest absolute Gasteiger partial charge is 0.495 e. The maximum atomic E-state index is 13.3. The summed E-state index contributed by atoms with van der Waals surface area (Å²) in [6, 6.07) is 20.7. The number of benzene rings is 2. The Morgan fingerprint density at radius 1 is 1.12 bits per heavy atom. The molecule has 168 valence electrons. The van der Waals surface area contributed by atoms with Crippen LogP contribution in [0.2, 0.25) is 0 Å². The Balaban J connectivity index is 1.79. The zero-order valence-corrected chi connectivity index (χ0v) is 19.4. The molecule has 0 aliphatic carbocycles. The molecule has 2 aromatic heterocycles. The highest BCUT2D eigenvalue weighted by molar-refractivity contribution is 9.10. The Kier molecular flexibility index (Phi) is 6.71. The highest BCUT2D eigenvalue weighted by atomic mass is 79.9. The van der Waals surface area contributed by atoms with Crippen LogP contribution >= 0.6 is 15.9 Å². The molecule has 0 radical (unpaired) electrons. The van der Waals surface area contributed by atoms with Crippen LogP contribution in [0.4, 0.5) is 5.69 Å². The number of rotatable bonds is 6. The van der Waals surface area contributed by atoms with Crippen LogP contribution in [0, 0.1) is 11.3 Å². The van der Waals surface area contributed by atoms with Gasteiger partial charge in [0.25, 0.3) is 11.5 Å². The van der Waals surface area contributed by atoms with Crippen LogP contribution in [0.25, 0.3) is 11.7 Å². The van der Waals surface area contributed by atoms with Crippen LogP contribution in [-0.2, 0) is 4.79 Å². The quantitative estimate of drug-likeness (QED) is 0.291. The van der Waals surface area contributed by atoms with E-state index in [2.05, 4.69) is 26.2 Å². The van der Waals surface area contributed by atoms with Crippen molar-refractivity contribution in [1.82, 2.24) is 9.38 Å². The van der Waals surface area contributed by atoms with Gasteiger partial charge in [0.1, 0.15) is 34.4 Å². The number of pyridine rings is 1. The molecule has 2 aromatic carbocycles. The lowest BCUT2D eigenvalue weighted by Crippen LogP contribution is -2.20. The fourth-order valence-corrected chi connectivity index (χ4v) is 3.39. The first kappa shape index (κ1) is 22.8. The van der Waals surface area contributed by atoms with Gasteiger partial charge in [-0.3, -0.25) is 14.0 Å². The van der Waals surface area contributed by atoms with Crippen molar-refractivity contribution in [1.29, 1.82) is 5.26 Å². The van der Waals surface area contributed by atoms with Crippen LogP contribution in [-0.4, -0.2) is 22.4 Å². The smallest absolute Gasteiger partial charge is 0.269 e. The van der Waals surface area contributed by atoms with E-state index in [1.54, 1.807) is 72.9 Å². The van der Waals surface area contributed by atoms with Crippen molar-refractivity contribution in [3.63, 3.8) is 0 Å². The lowest BCUT2D eigenvalue weighted by Gasteiger charge is -2.11. The molecule has 4 aromatic rings. The van der Waals surface area contributed by atoms with Crippen molar-refractivity contribution < 1.29 is 14.3 Å². The van der Waals surface area contributed by atoms with Crippen LogP contribution in [0.5, 0.6) is 17.4 Å². The number of para-hydroxylation sites is 2. The molecule has 2 heterocycles. The summed E-state index contributed by atoms with van der Waals surface area (Å²) in [5, 5.41) is 12.3. The summed E-state index contributed by atoms with van der Waals surface area (Å²) < 4.78 is 13.3. The van der Waals surface area contributed by atoms with Gasteiger partial charge in [-0.25, -0.2) is 0 Å². The number of nitrogens with zero attached hydrogens (tertiary/aromatic N) is 3. The molecule has 0 saturated carbocycles. The average Bonchev–Trinajstić information content (AvgIpc) is 2.85. The van der Waals surface area contributed by atoms with Gasteiger partial charge in [0.15, 0.2) is 0 Å². The summed E-state index contributed by atoms with van der Waals surface area (Å²) in [6.07, 6.45) is 2.72. The Labute approximate surface area is 202 Å². The zero-order chi connectivity index (χ0) is 24.1. The number of hydrogen-bond acceptors (Lipinski definition) is 6. The SMILES string of the molecule is COc1ccccc1NC(=O)/C(C#N)=C/c1c(Oc2ccc(Br)cc2)nc2ccccn2c1=O. The fourth-order valence-electron chi connectivity index (χ4n) is 3.13. The molecule has 0 aliphatic rings. The second kappa shape index (κ2) is 10.0. The lowest BCUT2D eigenvalue weighted by molar-refractivity contribution is -0.112. The van der Waals surface area contributed by atoms with E-state index in [9.17, 15) is 14.9 Å². The van der Waals surface area contributed by atoms with Crippen molar-refractivity contribution in [3.8, 4) is 23.4 Å². The van der Waals surface area contributed by atoms with Crippen molar-refractivity contribution in [3.05, 3.63) is 98.9 Å². The summed E-state index contributed by atoms with van der Waals surface area (Å²) in [4.78, 5) is 30.6. The minimum atomic E-state index is -0.709. The molecular formula is C25H17BrN4O4. The number of methoxy groups -OCH3 is 1. The fraction of sp³-hybridized carbons (Fsp3) is 0.0400. The molecule has 1 N–H and O–H groups in total. The Morgan fingerprint density at radius 2 is 1.85 bits per heavy atom. The third-order valence-electron chi connectivity index (χ3n) is 4.77. The number of amides is 1. The zero-order valence-electron chi connectivity index (χ0n) is 17.9. The highest BCUT2D eigenvalue weighted by Gasteiger charge is 2.18. The average molecular weight is 517 g/mol. The summed E-state index contributed by atoms with van der Waals surface area (Å²) >= 11 is 3.36. The summed E-state index contributed by atoms with van der Waals surface area (Å²) in [5.41, 5.74) is -0.0974. The number of nitriles is 1. The van der Waals surface area contributed by atoms with Crippen molar-refractivity contribution in [2.24, 2.45) is 0 Å². The highest BCUT2D eigenvalue weighted by Crippen LogP contribution is 2.27. The lowest BCUT2D eigenvalue weighted by atomic mass is 10.1. The van der Waals surface area contributed by atoms with Gasteiger partial charge < -0.3 is 14.8 Å². The molecule has 8 nitrogen and oxygen atoms in total. The molecule has 9 heteroatoms. The molecule has 4 rings (SSSR count). The number of anilines is 1. The van der Waals surface area contributed by atoms with Gasteiger partial charge in [-0.15, -0.1) is 0 Å². The minimum Gasteiger partial charge on any atom is -0.495 e. The van der Waals surface area contributed by atoms with E-state index in [1.807, 2.05) is 6.07 Å². The predicted octanol–water partition coefficient (Wildman–Crippen LogP) is 4.80. The van der Waals surface area contributed by atoms with Crippen molar-refractivity contribution >= 4 is 39.2 Å². The number of carbonyl (C=O) groups excluding carboxylic acids is 1. The summed E-state index contributed by atoms with van der Waals surface area (Å²) in [7, 11) is 1.47. The topological polar surface area (TPSA) is 106 Å². The molecule has 0 bridgehead atoms. The van der Waals surface area contributed by atoms with E-state index < -0.39 is 11.5 Å². The number of fused-ring (bicyclic) bond motifs is 1. The van der Waals surface area contributed by atoms with Crippen LogP contribution in [0.15, 0.2) is 87.8 Å². The van der Waals surface area contributed by atoms with Gasteiger partial charge in [0.05, 0.1) is 12.8 Å². The van der Waals surface area contributed by atoms with E-state index in [0.29, 0.717) is 22.8 Å². The van der Waals surface area contributed by atoms with Gasteiger partial charge in [0, 0.05) is 10.7 Å². The number of nitrogens with one attached hydrogen (secondary N) is 1. The monoisotopic (exact) mass is 516 g/mol. The van der Waals surface area contributed by atoms with E-state index >= 15 is 0 Å². The van der Waals surface area contributed by atoms with E-state index in [4.69, 9.17) is 9.47 Å². The third kappa shape index (κ3) is 4.82. The van der Waals surface area contributed by atoms with Gasteiger partial charge in [-0.2, -0.15) is 10.2 Å². The number of hydrogen-bond donors (Lipinski definition) is 1. The second-order valence-corrected chi connectivity index (χ2v) is 7.86. The first-order valence-corrected chi connectivity index (χ1v) is 10.8. The maximum absolute atomic E-state index is 13.3. The molecule has 34 heavy (non-hydrogen) atoms. The predicted molar refractivity (Wildman–Crippen MR) is 131 cm³/mol. The molecule has 0 spiro atoms. The molecule has 0 atom stereocenters. The maximum Gasteiger partial charge on any atom is 0.269 e. The van der Waals surface area contributed by atoms with Gasteiger partial charge in [-0.05, 0) is 54.6 Å². The van der Waals surface area contributed by atoms with Gasteiger partial charge in [0.2, 0.25) is 5.88 Å². The van der Waals surface area contributed by atoms with E-state index in [1.165, 1.54) is 17.6 Å². The van der Waals surface area contributed by atoms with E-state index in [-0.39, 0.29) is 17.0 Å². The standard InChI is InChI=1S/C25H17BrN4O4/c1-33-21-7-3-2-6-20(21)28-23(31)16(15-27)14-19-24(34-18-11-9-17(26)10-12-18)29-22-8-4-5-13-30(22)25(19)32/h2-14H,1H3,(H,28,31)/b16-14+. The van der Waals surface area contributed by atoms with Crippen LogP contribution in [0.1, 0.15) is 5.56 Å². The van der Waals surface area contributed by atoms with Gasteiger partial charge >= 0.3 is 0 Å². The first-order valence-electron chi connectivity index (χ1n) is 10.0. The minimum absolute atomic E-state index is 0.0311. The summed E-state index contributed by atoms with van der Waals surface area (Å²) in [5.74, 6) is 0.123. The van der Waals surface area contributed by atoms with Crippen molar-refractivity contribution in [2.75, 3.05) is 12.4 Å². The Bertz CT molecular complexity index is 1500. The number of aromatic nitrogens is 2. The summed E-state index contributed by atoms with van der Waals surface area (Å²) in [6.45, 7) is 0. The number of carbonyl (C=O) groups is 1. The normalized spacial score (nSPS) is 11.0. The van der Waals surface area contributed by atoms with E-state index in [0.717, 1.165) is 4.47 Å². The van der Waals surface area contributed by atoms with Crippen molar-refractivity contribution in [2.45, 2.75) is 0 Å². The third-order valence-corrected chi connectivity index (χ3v) is 5.30. The molecule has 0 aliphatic heterocycles. The number of ether oxygens (including phenoxy) is 2. The first-order chi connectivity index (χ1) is 16.5. The van der Waals surface area contributed by atoms with Gasteiger partial charge in [-0.1, -0.05) is 34.1 Å². The number of halogens is 1. The van der Waals surface area contributed by atoms with Crippen LogP contribution in [0.3, 0.4) is 0 Å². The molecule has 0 unspecified atom stereocenters. The molecule has 0 saturated heterocycles. The molecule has 0 fully saturated rings. The van der Waals surface area contributed by atoms with Crippen LogP contribution < -0.4 is 20.3 Å². The molecule has 1 amide bonds. The second-order valence-electron chi connectivity index (χ2n) is 6.94. The Hall–Kier alpha value is -4.42. The Morgan fingerprint density at radius 3 is 2.59 bits per heavy atom.